The van der Waals surface area contributed by atoms with Gasteiger partial charge in [-0.2, -0.15) is 5.10 Å². The van der Waals surface area contributed by atoms with Crippen LogP contribution in [0.1, 0.15) is 32.4 Å². The average molecular weight is 343 g/mol. The lowest BCUT2D eigenvalue weighted by Gasteiger charge is -2.32. The molecule has 1 aromatic heterocycles. The van der Waals surface area contributed by atoms with E-state index in [0.717, 1.165) is 24.8 Å². The molecule has 0 bridgehead atoms. The van der Waals surface area contributed by atoms with E-state index in [1.807, 2.05) is 23.1 Å². The Hall–Kier alpha value is -2.21. The molecule has 0 atom stereocenters. The lowest BCUT2D eigenvalue weighted by atomic mass is 10.1. The molecule has 2 aromatic rings. The van der Waals surface area contributed by atoms with Crippen LogP contribution in [0.15, 0.2) is 29.1 Å². The van der Waals surface area contributed by atoms with Crippen LogP contribution in [0, 0.1) is 5.92 Å². The van der Waals surface area contributed by atoms with Crippen LogP contribution in [-0.2, 0) is 16.0 Å². The Morgan fingerprint density at radius 1 is 1.28 bits per heavy atom. The molecule has 1 amide bonds. The maximum Gasteiger partial charge on any atom is 0.272 e. The summed E-state index contributed by atoms with van der Waals surface area (Å²) < 4.78 is 5.87. The second-order valence-corrected chi connectivity index (χ2v) is 7.03. The first-order chi connectivity index (χ1) is 12.0. The first-order valence-electron chi connectivity index (χ1n) is 8.90. The molecule has 2 heterocycles. The molecule has 0 aliphatic carbocycles. The maximum atomic E-state index is 12.6. The molecule has 6 heteroatoms. The molecule has 6 nitrogen and oxygen atoms in total. The number of nitrogens with one attached hydrogen (secondary N) is 1. The highest BCUT2D eigenvalue weighted by Gasteiger charge is 2.24. The molecule has 1 saturated heterocycles. The van der Waals surface area contributed by atoms with Gasteiger partial charge in [0.25, 0.3) is 5.56 Å². The van der Waals surface area contributed by atoms with Crippen LogP contribution >= 0.6 is 0 Å². The Morgan fingerprint density at radius 3 is 2.64 bits per heavy atom. The highest BCUT2D eigenvalue weighted by molar-refractivity contribution is 5.88. The average Bonchev–Trinajstić information content (AvgIpc) is 2.63. The molecule has 1 aliphatic rings. The molecule has 0 saturated carbocycles. The van der Waals surface area contributed by atoms with Gasteiger partial charge in [0.2, 0.25) is 5.91 Å². The second-order valence-electron chi connectivity index (χ2n) is 7.03. The van der Waals surface area contributed by atoms with Crippen molar-refractivity contribution in [1.29, 1.82) is 0 Å². The zero-order valence-electron chi connectivity index (χ0n) is 14.8. The SMILES string of the molecule is CC(C)COC1CCN(C(=O)Cc2n[nH]c(=O)c3ccccc23)CC1. The number of hydrogen-bond donors (Lipinski definition) is 1. The molecule has 1 N–H and O–H groups in total. The fourth-order valence-electron chi connectivity index (χ4n) is 3.16. The first-order valence-corrected chi connectivity index (χ1v) is 8.90. The van der Waals surface area contributed by atoms with Gasteiger partial charge in [-0.3, -0.25) is 9.59 Å². The topological polar surface area (TPSA) is 75.3 Å². The molecule has 3 rings (SSSR count). The van der Waals surface area contributed by atoms with Crippen LogP contribution in [0.5, 0.6) is 0 Å². The minimum absolute atomic E-state index is 0.0482. The summed E-state index contributed by atoms with van der Waals surface area (Å²) in [5.41, 5.74) is 0.397. The Bertz CT molecular complexity index is 792. The predicted molar refractivity (Wildman–Crippen MR) is 96.5 cm³/mol. The van der Waals surface area contributed by atoms with Crippen molar-refractivity contribution in [3.63, 3.8) is 0 Å². The van der Waals surface area contributed by atoms with E-state index in [2.05, 4.69) is 24.0 Å². The summed E-state index contributed by atoms with van der Waals surface area (Å²) in [7, 11) is 0. The number of carbonyl (C=O) groups excluding carboxylic acids is 1. The molecular weight excluding hydrogens is 318 g/mol. The first kappa shape index (κ1) is 17.6. The van der Waals surface area contributed by atoms with E-state index in [4.69, 9.17) is 4.74 Å². The lowest BCUT2D eigenvalue weighted by molar-refractivity contribution is -0.133. The van der Waals surface area contributed by atoms with Crippen LogP contribution in [0.2, 0.25) is 0 Å². The third-order valence-corrected chi connectivity index (χ3v) is 4.55. The van der Waals surface area contributed by atoms with E-state index < -0.39 is 0 Å². The molecule has 0 radical (unpaired) electrons. The standard InChI is InChI=1S/C19H25N3O3/c1-13(2)12-25-14-7-9-22(10-8-14)18(23)11-17-15-5-3-4-6-16(15)19(24)21-20-17/h3-6,13-14H,7-12H2,1-2H3,(H,21,24). The predicted octanol–water partition coefficient (Wildman–Crippen LogP) is 2.13. The quantitative estimate of drug-likeness (QED) is 0.902. The number of piperidine rings is 1. The van der Waals surface area contributed by atoms with Gasteiger partial charge in [0.15, 0.2) is 0 Å². The van der Waals surface area contributed by atoms with Crippen molar-refractivity contribution in [2.45, 2.75) is 39.2 Å². The fourth-order valence-corrected chi connectivity index (χ4v) is 3.16. The van der Waals surface area contributed by atoms with E-state index in [-0.39, 0.29) is 24.0 Å². The van der Waals surface area contributed by atoms with Crippen LogP contribution in [0.3, 0.4) is 0 Å². The second kappa shape index (κ2) is 7.78. The third kappa shape index (κ3) is 4.25. The number of hydrogen-bond acceptors (Lipinski definition) is 4. The van der Waals surface area contributed by atoms with Gasteiger partial charge < -0.3 is 9.64 Å². The summed E-state index contributed by atoms with van der Waals surface area (Å²) in [6, 6.07) is 7.26. The molecule has 1 aliphatic heterocycles. The van der Waals surface area contributed by atoms with Crippen molar-refractivity contribution in [3.05, 3.63) is 40.3 Å². The number of amides is 1. The number of likely N-dealkylation sites (tertiary alicyclic amines) is 1. The Balaban J connectivity index is 1.62. The molecule has 25 heavy (non-hydrogen) atoms. The van der Waals surface area contributed by atoms with Crippen molar-refractivity contribution < 1.29 is 9.53 Å². The van der Waals surface area contributed by atoms with Crippen LogP contribution in [-0.4, -0.2) is 46.8 Å². The van der Waals surface area contributed by atoms with Crippen molar-refractivity contribution in [2.24, 2.45) is 5.92 Å². The van der Waals surface area contributed by atoms with Crippen molar-refractivity contribution in [1.82, 2.24) is 15.1 Å². The number of rotatable bonds is 5. The van der Waals surface area contributed by atoms with Crippen molar-refractivity contribution in [2.75, 3.05) is 19.7 Å². The third-order valence-electron chi connectivity index (χ3n) is 4.55. The van der Waals surface area contributed by atoms with Crippen LogP contribution < -0.4 is 5.56 Å². The summed E-state index contributed by atoms with van der Waals surface area (Å²) in [4.78, 5) is 26.3. The lowest BCUT2D eigenvalue weighted by Crippen LogP contribution is -2.42. The summed E-state index contributed by atoms with van der Waals surface area (Å²) >= 11 is 0. The molecule has 1 aromatic carbocycles. The van der Waals surface area contributed by atoms with Gasteiger partial charge in [-0.15, -0.1) is 0 Å². The number of fused-ring (bicyclic) bond motifs is 1. The van der Waals surface area contributed by atoms with E-state index in [9.17, 15) is 9.59 Å². The number of ether oxygens (including phenoxy) is 1. The van der Waals surface area contributed by atoms with Crippen molar-refractivity contribution in [3.8, 4) is 0 Å². The molecule has 1 fully saturated rings. The Morgan fingerprint density at radius 2 is 1.96 bits per heavy atom. The fraction of sp³-hybridized carbons (Fsp3) is 0.526. The number of H-pyrrole nitrogens is 1. The molecule has 134 valence electrons. The van der Waals surface area contributed by atoms with Gasteiger partial charge in [0.1, 0.15) is 0 Å². The summed E-state index contributed by atoms with van der Waals surface area (Å²) in [6.45, 7) is 6.47. The summed E-state index contributed by atoms with van der Waals surface area (Å²) in [5, 5.41) is 7.90. The smallest absolute Gasteiger partial charge is 0.272 e. The Kier molecular flexibility index (Phi) is 5.48. The van der Waals surface area contributed by atoms with Gasteiger partial charge in [-0.25, -0.2) is 5.10 Å². The molecule has 0 unspecified atom stereocenters. The Labute approximate surface area is 147 Å². The van der Waals surface area contributed by atoms with Gasteiger partial charge in [0.05, 0.1) is 23.6 Å². The van der Waals surface area contributed by atoms with E-state index >= 15 is 0 Å². The number of benzene rings is 1. The number of nitrogens with zero attached hydrogens (tertiary/aromatic N) is 2. The minimum atomic E-state index is -0.227. The van der Waals surface area contributed by atoms with Gasteiger partial charge in [-0.05, 0) is 24.8 Å². The normalized spacial score (nSPS) is 15.9. The largest absolute Gasteiger partial charge is 0.378 e. The summed E-state index contributed by atoms with van der Waals surface area (Å²) in [5.74, 6) is 0.575. The monoisotopic (exact) mass is 343 g/mol. The highest BCUT2D eigenvalue weighted by Crippen LogP contribution is 2.18. The minimum Gasteiger partial charge on any atom is -0.378 e. The van der Waals surface area contributed by atoms with Gasteiger partial charge in [0, 0.05) is 25.1 Å². The number of aromatic amines is 1. The number of aromatic nitrogens is 2. The van der Waals surface area contributed by atoms with E-state index in [0.29, 0.717) is 30.1 Å². The van der Waals surface area contributed by atoms with Crippen molar-refractivity contribution >= 4 is 16.7 Å². The van der Waals surface area contributed by atoms with Gasteiger partial charge in [-0.1, -0.05) is 32.0 Å². The zero-order chi connectivity index (χ0) is 17.8. The van der Waals surface area contributed by atoms with E-state index in [1.165, 1.54) is 0 Å². The highest BCUT2D eigenvalue weighted by atomic mass is 16.5. The maximum absolute atomic E-state index is 12.6. The number of carbonyl (C=O) groups is 1. The summed E-state index contributed by atoms with van der Waals surface area (Å²) in [6.07, 6.45) is 2.20. The van der Waals surface area contributed by atoms with Crippen LogP contribution in [0.4, 0.5) is 0 Å². The van der Waals surface area contributed by atoms with Gasteiger partial charge >= 0.3 is 0 Å². The zero-order valence-corrected chi connectivity index (χ0v) is 14.8. The van der Waals surface area contributed by atoms with Crippen LogP contribution in [0.25, 0.3) is 10.8 Å². The molecule has 0 spiro atoms. The molecular formula is C19H25N3O3. The van der Waals surface area contributed by atoms with E-state index in [1.54, 1.807) is 6.07 Å².